The summed E-state index contributed by atoms with van der Waals surface area (Å²) in [6.07, 6.45) is 4.97. The van der Waals surface area contributed by atoms with E-state index in [1.54, 1.807) is 0 Å². The lowest BCUT2D eigenvalue weighted by molar-refractivity contribution is 1.19. The number of nitrogens with one attached hydrogen (secondary N) is 1. The van der Waals surface area contributed by atoms with Crippen LogP contribution in [0.3, 0.4) is 0 Å². The first-order chi connectivity index (χ1) is 5.65. The fourth-order valence-electron chi connectivity index (χ4n) is 0.622. The summed E-state index contributed by atoms with van der Waals surface area (Å²) >= 11 is 5.59. The molecule has 0 spiro atoms. The van der Waals surface area contributed by atoms with Crippen molar-refractivity contribution >= 4 is 29.1 Å². The Balaban J connectivity index is 3.20. The van der Waals surface area contributed by atoms with Crippen LogP contribution in [-0.4, -0.2) is 9.97 Å². The van der Waals surface area contributed by atoms with E-state index in [2.05, 4.69) is 21.3 Å². The zero-order valence-corrected chi connectivity index (χ0v) is 6.76. The van der Waals surface area contributed by atoms with Crippen molar-refractivity contribution in [3.05, 3.63) is 5.15 Å². The summed E-state index contributed by atoms with van der Waals surface area (Å²) in [5.74, 6) is 0.266. The van der Waals surface area contributed by atoms with Crippen LogP contribution in [0.25, 0.3) is 0 Å². The van der Waals surface area contributed by atoms with E-state index in [-0.39, 0.29) is 22.6 Å². The molecule has 0 saturated carbocycles. The molecule has 62 valence electrons. The molecule has 0 radical (unpaired) electrons. The standard InChI is InChI=1S/C6H6ClN5/c1-2-10-5-3(8)4(7)11-6(9)12-5/h1H,8H2,(H3,9,10,11,12). The third-order valence-corrected chi connectivity index (χ3v) is 1.40. The highest BCUT2D eigenvalue weighted by atomic mass is 35.5. The minimum atomic E-state index is 0.0203. The molecule has 0 saturated heterocycles. The molecule has 0 bridgehead atoms. The largest absolute Gasteiger partial charge is 0.393 e. The molecule has 0 aliphatic rings. The number of terminal acetylenes is 1. The Kier molecular flexibility index (Phi) is 2.21. The molecule has 12 heavy (non-hydrogen) atoms. The number of nitrogen functional groups attached to an aromatic ring is 2. The Labute approximate surface area is 74.1 Å². The van der Waals surface area contributed by atoms with Gasteiger partial charge in [0.25, 0.3) is 0 Å². The highest BCUT2D eigenvalue weighted by Gasteiger charge is 2.06. The third kappa shape index (κ3) is 1.49. The monoisotopic (exact) mass is 183 g/mol. The highest BCUT2D eigenvalue weighted by Crippen LogP contribution is 2.23. The fourth-order valence-corrected chi connectivity index (χ4v) is 0.798. The summed E-state index contributed by atoms with van der Waals surface area (Å²) in [7, 11) is 0. The molecule has 0 unspecified atom stereocenters. The predicted molar refractivity (Wildman–Crippen MR) is 48.3 cm³/mol. The second-order valence-corrected chi connectivity index (χ2v) is 2.26. The second kappa shape index (κ2) is 3.15. The van der Waals surface area contributed by atoms with Crippen molar-refractivity contribution in [3.8, 4) is 12.5 Å². The van der Waals surface area contributed by atoms with Crippen LogP contribution in [0.1, 0.15) is 0 Å². The molecular formula is C6H6ClN5. The van der Waals surface area contributed by atoms with Crippen LogP contribution >= 0.6 is 11.6 Å². The van der Waals surface area contributed by atoms with Gasteiger partial charge in [0.1, 0.15) is 5.69 Å². The summed E-state index contributed by atoms with van der Waals surface area (Å²) in [4.78, 5) is 7.34. The van der Waals surface area contributed by atoms with Gasteiger partial charge in [-0.2, -0.15) is 9.97 Å². The molecule has 0 aliphatic heterocycles. The van der Waals surface area contributed by atoms with Crippen molar-refractivity contribution in [2.45, 2.75) is 0 Å². The third-order valence-electron chi connectivity index (χ3n) is 1.11. The van der Waals surface area contributed by atoms with Crippen molar-refractivity contribution in [3.63, 3.8) is 0 Å². The molecule has 1 aromatic rings. The molecular weight excluding hydrogens is 178 g/mol. The van der Waals surface area contributed by atoms with Crippen molar-refractivity contribution in [1.29, 1.82) is 0 Å². The number of hydrogen-bond acceptors (Lipinski definition) is 5. The Morgan fingerprint density at radius 1 is 1.42 bits per heavy atom. The van der Waals surface area contributed by atoms with E-state index in [0.29, 0.717) is 0 Å². The van der Waals surface area contributed by atoms with E-state index in [0.717, 1.165) is 0 Å². The van der Waals surface area contributed by atoms with E-state index < -0.39 is 0 Å². The number of aromatic nitrogens is 2. The summed E-state index contributed by atoms with van der Waals surface area (Å²) < 4.78 is 0. The molecule has 0 aromatic carbocycles. The number of hydrogen-bond donors (Lipinski definition) is 3. The molecule has 5 N–H and O–H groups in total. The van der Waals surface area contributed by atoms with E-state index in [9.17, 15) is 0 Å². The van der Waals surface area contributed by atoms with E-state index in [4.69, 9.17) is 29.5 Å². The van der Waals surface area contributed by atoms with E-state index >= 15 is 0 Å². The zero-order valence-electron chi connectivity index (χ0n) is 6.00. The van der Waals surface area contributed by atoms with Gasteiger partial charge < -0.3 is 11.5 Å². The average molecular weight is 184 g/mol. The van der Waals surface area contributed by atoms with Gasteiger partial charge in [-0.15, -0.1) is 0 Å². The van der Waals surface area contributed by atoms with Crippen molar-refractivity contribution in [2.24, 2.45) is 0 Å². The molecule has 1 heterocycles. The van der Waals surface area contributed by atoms with Crippen molar-refractivity contribution < 1.29 is 0 Å². The Bertz CT molecular complexity index is 343. The van der Waals surface area contributed by atoms with Crippen LogP contribution in [0.4, 0.5) is 17.5 Å². The molecule has 0 atom stereocenters. The average Bonchev–Trinajstić information content (AvgIpc) is 2.00. The van der Waals surface area contributed by atoms with E-state index in [1.165, 1.54) is 0 Å². The summed E-state index contributed by atoms with van der Waals surface area (Å²) in [6, 6.07) is 2.14. The summed E-state index contributed by atoms with van der Waals surface area (Å²) in [5.41, 5.74) is 10.9. The first-order valence-electron chi connectivity index (χ1n) is 2.95. The summed E-state index contributed by atoms with van der Waals surface area (Å²) in [6.45, 7) is 0. The number of anilines is 3. The lowest BCUT2D eigenvalue weighted by atomic mass is 10.5. The molecule has 1 rings (SSSR count). The predicted octanol–water partition coefficient (Wildman–Crippen LogP) is 0.297. The normalized spacial score (nSPS) is 9.00. The van der Waals surface area contributed by atoms with Gasteiger partial charge in [-0.25, -0.2) is 0 Å². The van der Waals surface area contributed by atoms with Gasteiger partial charge in [0, 0.05) is 6.04 Å². The maximum Gasteiger partial charge on any atom is 0.223 e. The van der Waals surface area contributed by atoms with Crippen LogP contribution in [0.2, 0.25) is 5.15 Å². The summed E-state index contributed by atoms with van der Waals surface area (Å²) in [5, 5.41) is 2.53. The molecule has 1 aromatic heterocycles. The zero-order chi connectivity index (χ0) is 9.14. The number of rotatable bonds is 1. The minimum absolute atomic E-state index is 0.0203. The highest BCUT2D eigenvalue weighted by molar-refractivity contribution is 6.32. The maximum atomic E-state index is 5.59. The van der Waals surface area contributed by atoms with Crippen LogP contribution in [0.5, 0.6) is 0 Å². The molecule has 0 aliphatic carbocycles. The number of nitrogens with two attached hydrogens (primary N) is 2. The maximum absolute atomic E-state index is 5.59. The van der Waals surface area contributed by atoms with Crippen LogP contribution in [0, 0.1) is 12.5 Å². The Morgan fingerprint density at radius 2 is 2.08 bits per heavy atom. The van der Waals surface area contributed by atoms with Crippen LogP contribution < -0.4 is 16.8 Å². The number of halogens is 1. The molecule has 0 fully saturated rings. The van der Waals surface area contributed by atoms with Gasteiger partial charge in [-0.1, -0.05) is 18.0 Å². The van der Waals surface area contributed by atoms with Gasteiger partial charge in [-0.3, -0.25) is 5.32 Å². The number of nitrogens with zero attached hydrogens (tertiary/aromatic N) is 2. The molecule has 0 amide bonds. The van der Waals surface area contributed by atoms with Crippen LogP contribution in [-0.2, 0) is 0 Å². The fraction of sp³-hybridized carbons (Fsp3) is 0. The van der Waals surface area contributed by atoms with Crippen molar-refractivity contribution in [2.75, 3.05) is 16.8 Å². The lowest BCUT2D eigenvalue weighted by Gasteiger charge is -2.03. The lowest BCUT2D eigenvalue weighted by Crippen LogP contribution is -2.04. The molecule has 6 heteroatoms. The minimum Gasteiger partial charge on any atom is -0.393 e. The first-order valence-corrected chi connectivity index (χ1v) is 3.33. The first kappa shape index (κ1) is 8.43. The van der Waals surface area contributed by atoms with Crippen molar-refractivity contribution in [1.82, 2.24) is 9.97 Å². The van der Waals surface area contributed by atoms with Gasteiger partial charge in [0.2, 0.25) is 5.95 Å². The Hall–Kier alpha value is -1.67. The second-order valence-electron chi connectivity index (χ2n) is 1.90. The van der Waals surface area contributed by atoms with Gasteiger partial charge >= 0.3 is 0 Å². The quantitative estimate of drug-likeness (QED) is 0.331. The van der Waals surface area contributed by atoms with Gasteiger partial charge in [-0.05, 0) is 0 Å². The molecule has 5 nitrogen and oxygen atoms in total. The topological polar surface area (TPSA) is 89.8 Å². The van der Waals surface area contributed by atoms with Gasteiger partial charge in [0.05, 0.1) is 0 Å². The van der Waals surface area contributed by atoms with Crippen LogP contribution in [0.15, 0.2) is 0 Å². The SMILES string of the molecule is C#CNc1nc(N)nc(Cl)c1N. The van der Waals surface area contributed by atoms with Gasteiger partial charge in [0.15, 0.2) is 11.0 Å². The Morgan fingerprint density at radius 3 is 2.67 bits per heavy atom. The smallest absolute Gasteiger partial charge is 0.223 e. The van der Waals surface area contributed by atoms with E-state index in [1.807, 2.05) is 0 Å².